The molecule has 5 heteroatoms. The maximum Gasteiger partial charge on any atom is 0.236 e. The lowest BCUT2D eigenvalue weighted by atomic mass is 10.1. The van der Waals surface area contributed by atoms with Gasteiger partial charge < -0.3 is 10.6 Å². The first kappa shape index (κ1) is 19.3. The molecular weight excluding hydrogens is 316 g/mol. The van der Waals surface area contributed by atoms with E-state index in [2.05, 4.69) is 48.7 Å². The lowest BCUT2D eigenvalue weighted by molar-refractivity contribution is -0.123. The number of nitrogens with one attached hydrogen (secondary N) is 2. The van der Waals surface area contributed by atoms with Gasteiger partial charge in [0.25, 0.3) is 0 Å². The van der Waals surface area contributed by atoms with Crippen molar-refractivity contribution >= 4 is 30.1 Å². The van der Waals surface area contributed by atoms with E-state index in [1.807, 2.05) is 7.05 Å². The van der Waals surface area contributed by atoms with Crippen LogP contribution in [0.4, 0.5) is 0 Å². The van der Waals surface area contributed by atoms with Crippen molar-refractivity contribution in [2.75, 3.05) is 13.6 Å². The minimum absolute atomic E-state index is 0. The van der Waals surface area contributed by atoms with Gasteiger partial charge in [-0.25, -0.2) is 0 Å². The van der Waals surface area contributed by atoms with E-state index in [-0.39, 0.29) is 23.1 Å². The Balaban J connectivity index is 0.00000242. The third-order valence-electron chi connectivity index (χ3n) is 4.22. The molecule has 0 aliphatic heterocycles. The van der Waals surface area contributed by atoms with Crippen molar-refractivity contribution in [1.82, 2.24) is 10.6 Å². The monoisotopic (exact) mass is 342 g/mol. The number of carbonyl (C=O) groups excluding carboxylic acids is 1. The Hall–Kier alpha value is -0.710. The highest BCUT2D eigenvalue weighted by Crippen LogP contribution is 2.45. The molecule has 1 amide bonds. The number of hydrogen-bond donors (Lipinski definition) is 2. The Morgan fingerprint density at radius 1 is 1.27 bits per heavy atom. The molecule has 1 aromatic carbocycles. The second-order valence-electron chi connectivity index (χ2n) is 6.02. The number of halogens is 1. The molecule has 0 radical (unpaired) electrons. The smallest absolute Gasteiger partial charge is 0.236 e. The first-order valence-electron chi connectivity index (χ1n) is 7.77. The molecule has 3 nitrogen and oxygen atoms in total. The van der Waals surface area contributed by atoms with Gasteiger partial charge in [0.05, 0.1) is 4.75 Å². The summed E-state index contributed by atoms with van der Waals surface area (Å²) in [7, 11) is 1.92. The van der Waals surface area contributed by atoms with E-state index >= 15 is 0 Å². The van der Waals surface area contributed by atoms with Gasteiger partial charge in [0.15, 0.2) is 0 Å². The van der Waals surface area contributed by atoms with Crippen molar-refractivity contribution in [2.24, 2.45) is 0 Å². The quantitative estimate of drug-likeness (QED) is 0.830. The molecular formula is C17H27ClN2OS. The van der Waals surface area contributed by atoms with Crippen LogP contribution in [0.3, 0.4) is 0 Å². The minimum Gasteiger partial charge on any atom is -0.353 e. The lowest BCUT2D eigenvalue weighted by Gasteiger charge is -2.28. The molecule has 1 unspecified atom stereocenters. The Labute approximate surface area is 144 Å². The first-order chi connectivity index (χ1) is 10.1. The van der Waals surface area contributed by atoms with Crippen LogP contribution in [0.1, 0.15) is 38.2 Å². The largest absolute Gasteiger partial charge is 0.353 e. The van der Waals surface area contributed by atoms with E-state index in [0.29, 0.717) is 12.6 Å². The van der Waals surface area contributed by atoms with Gasteiger partial charge in [-0.05, 0) is 45.9 Å². The van der Waals surface area contributed by atoms with Gasteiger partial charge in [-0.15, -0.1) is 24.2 Å². The van der Waals surface area contributed by atoms with Crippen molar-refractivity contribution in [1.29, 1.82) is 0 Å². The van der Waals surface area contributed by atoms with Crippen molar-refractivity contribution in [3.63, 3.8) is 0 Å². The molecule has 0 bridgehead atoms. The maximum absolute atomic E-state index is 12.7. The third kappa shape index (κ3) is 4.90. The standard InChI is InChI=1S/C17H26N2OS.ClH/c1-13-6-8-15(9-7-13)21-17(10-4-5-11-17)16(20)19-12-14(2)18-3;/h6-9,14,18H,4-5,10-12H2,1-3H3,(H,19,20);1H. The fraction of sp³-hybridized carbons (Fsp3) is 0.588. The highest BCUT2D eigenvalue weighted by atomic mass is 35.5. The molecule has 0 saturated heterocycles. The average molecular weight is 343 g/mol. The highest BCUT2D eigenvalue weighted by molar-refractivity contribution is 8.01. The van der Waals surface area contributed by atoms with E-state index in [1.54, 1.807) is 11.8 Å². The molecule has 1 fully saturated rings. The highest BCUT2D eigenvalue weighted by Gasteiger charge is 2.42. The summed E-state index contributed by atoms with van der Waals surface area (Å²) in [6.45, 7) is 4.85. The second-order valence-corrected chi connectivity index (χ2v) is 7.47. The summed E-state index contributed by atoms with van der Waals surface area (Å²) >= 11 is 1.74. The molecule has 1 aromatic rings. The summed E-state index contributed by atoms with van der Waals surface area (Å²) in [6, 6.07) is 8.79. The number of benzene rings is 1. The molecule has 0 aromatic heterocycles. The van der Waals surface area contributed by atoms with Crippen molar-refractivity contribution in [3.05, 3.63) is 29.8 Å². The normalized spacial score (nSPS) is 17.6. The van der Waals surface area contributed by atoms with Crippen LogP contribution in [0.5, 0.6) is 0 Å². The predicted octanol–water partition coefficient (Wildman–Crippen LogP) is 3.55. The van der Waals surface area contributed by atoms with E-state index in [1.165, 1.54) is 10.5 Å². The van der Waals surface area contributed by atoms with Crippen molar-refractivity contribution < 1.29 is 4.79 Å². The molecule has 1 saturated carbocycles. The third-order valence-corrected chi connectivity index (χ3v) is 5.71. The Bertz CT molecular complexity index is 472. The Morgan fingerprint density at radius 2 is 1.86 bits per heavy atom. The van der Waals surface area contributed by atoms with Crippen LogP contribution >= 0.6 is 24.2 Å². The zero-order valence-electron chi connectivity index (χ0n) is 13.6. The van der Waals surface area contributed by atoms with Gasteiger partial charge in [-0.1, -0.05) is 30.5 Å². The van der Waals surface area contributed by atoms with E-state index in [0.717, 1.165) is 25.7 Å². The van der Waals surface area contributed by atoms with Gasteiger partial charge in [0.1, 0.15) is 0 Å². The van der Waals surface area contributed by atoms with Crippen LogP contribution in [-0.2, 0) is 4.79 Å². The molecule has 124 valence electrons. The maximum atomic E-state index is 12.7. The molecule has 1 atom stereocenters. The zero-order chi connectivity index (χ0) is 15.3. The molecule has 2 rings (SSSR count). The number of thioether (sulfide) groups is 1. The summed E-state index contributed by atoms with van der Waals surface area (Å²) in [5.41, 5.74) is 1.26. The van der Waals surface area contributed by atoms with Gasteiger partial charge in [0.2, 0.25) is 5.91 Å². The van der Waals surface area contributed by atoms with Crippen LogP contribution in [0.15, 0.2) is 29.2 Å². The average Bonchev–Trinajstić information content (AvgIpc) is 2.96. The van der Waals surface area contributed by atoms with Gasteiger partial charge in [-0.3, -0.25) is 4.79 Å². The number of likely N-dealkylation sites (N-methyl/N-ethyl adjacent to an activating group) is 1. The second kappa shape index (κ2) is 8.80. The van der Waals surface area contributed by atoms with Crippen LogP contribution in [0.25, 0.3) is 0 Å². The Kier molecular flexibility index (Phi) is 7.74. The lowest BCUT2D eigenvalue weighted by Crippen LogP contribution is -2.46. The molecule has 1 aliphatic rings. The van der Waals surface area contributed by atoms with Crippen molar-refractivity contribution in [2.45, 2.75) is 55.2 Å². The van der Waals surface area contributed by atoms with Crippen LogP contribution in [-0.4, -0.2) is 30.3 Å². The zero-order valence-corrected chi connectivity index (χ0v) is 15.3. The van der Waals surface area contributed by atoms with E-state index in [4.69, 9.17) is 0 Å². The summed E-state index contributed by atoms with van der Waals surface area (Å²) in [5.74, 6) is 0.202. The summed E-state index contributed by atoms with van der Waals surface area (Å²) in [6.07, 6.45) is 4.25. The summed E-state index contributed by atoms with van der Waals surface area (Å²) in [5, 5.41) is 6.28. The SMILES string of the molecule is CNC(C)CNC(=O)C1(Sc2ccc(C)cc2)CCCC1.Cl. The Morgan fingerprint density at radius 3 is 2.41 bits per heavy atom. The summed E-state index contributed by atoms with van der Waals surface area (Å²) in [4.78, 5) is 13.9. The predicted molar refractivity (Wildman–Crippen MR) is 97.0 cm³/mol. The van der Waals surface area contributed by atoms with Crippen molar-refractivity contribution in [3.8, 4) is 0 Å². The van der Waals surface area contributed by atoms with Gasteiger partial charge in [-0.2, -0.15) is 0 Å². The van der Waals surface area contributed by atoms with Gasteiger partial charge >= 0.3 is 0 Å². The number of carbonyl (C=O) groups is 1. The number of rotatable bonds is 6. The summed E-state index contributed by atoms with van der Waals surface area (Å²) < 4.78 is -0.275. The van der Waals surface area contributed by atoms with Crippen LogP contribution < -0.4 is 10.6 Å². The van der Waals surface area contributed by atoms with E-state index < -0.39 is 0 Å². The molecule has 1 aliphatic carbocycles. The number of hydrogen-bond acceptors (Lipinski definition) is 3. The minimum atomic E-state index is -0.275. The van der Waals surface area contributed by atoms with Crippen LogP contribution in [0, 0.1) is 6.92 Å². The molecule has 2 N–H and O–H groups in total. The fourth-order valence-electron chi connectivity index (χ4n) is 2.66. The first-order valence-corrected chi connectivity index (χ1v) is 8.59. The molecule has 0 heterocycles. The number of amides is 1. The number of aryl methyl sites for hydroxylation is 1. The topological polar surface area (TPSA) is 41.1 Å². The van der Waals surface area contributed by atoms with Gasteiger partial charge in [0, 0.05) is 17.5 Å². The molecule has 0 spiro atoms. The van der Waals surface area contributed by atoms with Crippen LogP contribution in [0.2, 0.25) is 0 Å². The molecule has 22 heavy (non-hydrogen) atoms. The van der Waals surface area contributed by atoms with E-state index in [9.17, 15) is 4.79 Å². The fourth-order valence-corrected chi connectivity index (χ4v) is 4.04.